The molecular weight excluding hydrogens is 488 g/mol. The Labute approximate surface area is 231 Å². The van der Waals surface area contributed by atoms with E-state index in [1.165, 1.54) is 6.42 Å². The van der Waals surface area contributed by atoms with Crippen molar-refractivity contribution >= 4 is 35.3 Å². The largest absolute Gasteiger partial charge is 0.445 e. The number of aryl methyl sites for hydroxylation is 1. The van der Waals surface area contributed by atoms with E-state index in [0.717, 1.165) is 80.1 Å². The van der Waals surface area contributed by atoms with Gasteiger partial charge in [-0.15, -0.1) is 0 Å². The van der Waals surface area contributed by atoms with Crippen LogP contribution in [0.15, 0.2) is 47.5 Å². The van der Waals surface area contributed by atoms with Gasteiger partial charge in [-0.2, -0.15) is 0 Å². The molecule has 0 aromatic carbocycles. The molecule has 39 heavy (non-hydrogen) atoms. The van der Waals surface area contributed by atoms with Crippen LogP contribution >= 0.6 is 0 Å². The second kappa shape index (κ2) is 12.5. The Kier molecular flexibility index (Phi) is 8.59. The van der Waals surface area contributed by atoms with Crippen molar-refractivity contribution in [1.82, 2.24) is 15.0 Å². The van der Waals surface area contributed by atoms with Gasteiger partial charge in [0.15, 0.2) is 0 Å². The lowest BCUT2D eigenvalue weighted by Crippen LogP contribution is -2.44. The molecule has 0 spiro atoms. The first kappa shape index (κ1) is 26.9. The fraction of sp³-hybridized carbons (Fsp3) is 0.484. The van der Waals surface area contributed by atoms with E-state index in [-0.39, 0.29) is 11.8 Å². The average Bonchev–Trinajstić information content (AvgIpc) is 3.49. The number of rotatable bonds is 8. The van der Waals surface area contributed by atoms with Gasteiger partial charge in [-0.3, -0.25) is 14.7 Å². The van der Waals surface area contributed by atoms with Crippen LogP contribution in [0.1, 0.15) is 62.1 Å². The van der Waals surface area contributed by atoms with Crippen LogP contribution in [0.3, 0.4) is 0 Å². The molecule has 0 radical (unpaired) electrons. The third-order valence-corrected chi connectivity index (χ3v) is 7.98. The molecule has 206 valence electrons. The molecule has 0 atom stereocenters. The normalized spacial score (nSPS) is 17.1. The first-order chi connectivity index (χ1) is 19.0. The number of carbonyl (C=O) groups is 1. The number of amides is 1. The van der Waals surface area contributed by atoms with Crippen LogP contribution in [0.4, 0.5) is 17.2 Å². The summed E-state index contributed by atoms with van der Waals surface area (Å²) >= 11 is 0. The number of nitrogens with zero attached hydrogens (tertiary/aromatic N) is 6. The Morgan fingerprint density at radius 2 is 1.85 bits per heavy atom. The molecule has 1 aliphatic heterocycles. The zero-order valence-corrected chi connectivity index (χ0v) is 23.4. The summed E-state index contributed by atoms with van der Waals surface area (Å²) in [6.45, 7) is 4.61. The van der Waals surface area contributed by atoms with Gasteiger partial charge in [0, 0.05) is 51.4 Å². The molecule has 1 saturated carbocycles. The highest BCUT2D eigenvalue weighted by atomic mass is 16.3. The number of oxazole rings is 1. The fourth-order valence-electron chi connectivity index (χ4n) is 5.73. The maximum Gasteiger partial charge on any atom is 0.231 e. The van der Waals surface area contributed by atoms with E-state index < -0.39 is 0 Å². The fourth-order valence-corrected chi connectivity index (χ4v) is 5.73. The molecule has 0 N–H and O–H groups in total. The number of hydrogen-bond acceptors (Lipinski definition) is 7. The molecule has 3 aromatic heterocycles. The van der Waals surface area contributed by atoms with Crippen molar-refractivity contribution < 1.29 is 9.21 Å². The monoisotopic (exact) mass is 528 g/mol. The number of anilines is 3. The molecular formula is C31H40N6O2. The number of carbonyl (C=O) groups excluding carboxylic acids is 1. The maximum absolute atomic E-state index is 13.9. The van der Waals surface area contributed by atoms with Crippen molar-refractivity contribution in [1.29, 1.82) is 0 Å². The van der Waals surface area contributed by atoms with Crippen molar-refractivity contribution in [2.24, 2.45) is 11.8 Å². The van der Waals surface area contributed by atoms with Crippen LogP contribution in [0.5, 0.6) is 0 Å². The zero-order chi connectivity index (χ0) is 27.2. The van der Waals surface area contributed by atoms with Crippen LogP contribution in [0.25, 0.3) is 12.2 Å². The van der Waals surface area contributed by atoms with Gasteiger partial charge in [0.05, 0.1) is 30.0 Å². The first-order valence-corrected chi connectivity index (χ1v) is 14.2. The summed E-state index contributed by atoms with van der Waals surface area (Å²) in [4.78, 5) is 33.9. The highest BCUT2D eigenvalue weighted by Gasteiger charge is 2.31. The van der Waals surface area contributed by atoms with Gasteiger partial charge in [0.2, 0.25) is 11.8 Å². The summed E-state index contributed by atoms with van der Waals surface area (Å²) in [6.07, 6.45) is 18.4. The summed E-state index contributed by atoms with van der Waals surface area (Å²) in [6, 6.07) is 6.26. The molecule has 5 rings (SSSR count). The molecule has 3 aromatic rings. The van der Waals surface area contributed by atoms with Gasteiger partial charge in [-0.05, 0) is 68.4 Å². The van der Waals surface area contributed by atoms with Crippen molar-refractivity contribution in [3.63, 3.8) is 0 Å². The minimum atomic E-state index is 0.0901. The van der Waals surface area contributed by atoms with E-state index >= 15 is 0 Å². The predicted molar refractivity (Wildman–Crippen MR) is 157 cm³/mol. The Morgan fingerprint density at radius 3 is 2.56 bits per heavy atom. The molecule has 1 amide bonds. The van der Waals surface area contributed by atoms with Crippen LogP contribution in [-0.2, 0) is 4.79 Å². The van der Waals surface area contributed by atoms with E-state index in [1.807, 2.05) is 62.6 Å². The van der Waals surface area contributed by atoms with Crippen molar-refractivity contribution in [3.8, 4) is 0 Å². The molecule has 8 nitrogen and oxygen atoms in total. The second-order valence-corrected chi connectivity index (χ2v) is 11.1. The zero-order valence-electron chi connectivity index (χ0n) is 23.4. The minimum Gasteiger partial charge on any atom is -0.445 e. The van der Waals surface area contributed by atoms with E-state index in [2.05, 4.69) is 25.8 Å². The number of aromatic nitrogens is 3. The van der Waals surface area contributed by atoms with E-state index in [9.17, 15) is 4.79 Å². The third kappa shape index (κ3) is 6.85. The second-order valence-electron chi connectivity index (χ2n) is 11.1. The average molecular weight is 529 g/mol. The van der Waals surface area contributed by atoms with Crippen molar-refractivity contribution in [2.75, 3.05) is 48.4 Å². The van der Waals surface area contributed by atoms with E-state index in [4.69, 9.17) is 9.40 Å². The summed E-state index contributed by atoms with van der Waals surface area (Å²) < 4.78 is 5.35. The number of pyridine rings is 2. The summed E-state index contributed by atoms with van der Waals surface area (Å²) in [7, 11) is 4.08. The Bertz CT molecular complexity index is 1260. The topological polar surface area (TPSA) is 78.6 Å². The lowest BCUT2D eigenvalue weighted by Gasteiger charge is -2.37. The lowest BCUT2D eigenvalue weighted by molar-refractivity contribution is -0.123. The summed E-state index contributed by atoms with van der Waals surface area (Å²) in [5, 5.41) is 0. The van der Waals surface area contributed by atoms with Crippen LogP contribution < -0.4 is 14.7 Å². The molecule has 1 aliphatic carbocycles. The maximum atomic E-state index is 13.9. The quantitative estimate of drug-likeness (QED) is 0.363. The number of hydrogen-bond donors (Lipinski definition) is 0. The lowest BCUT2D eigenvalue weighted by atomic mass is 9.87. The van der Waals surface area contributed by atoms with Crippen molar-refractivity contribution in [3.05, 3.63) is 60.2 Å². The highest BCUT2D eigenvalue weighted by molar-refractivity contribution is 5.94. The van der Waals surface area contributed by atoms with Crippen molar-refractivity contribution in [2.45, 2.75) is 51.9 Å². The highest BCUT2D eigenvalue weighted by Crippen LogP contribution is 2.31. The Hall–Kier alpha value is -3.68. The standard InChI is InChI=1S/C31H40N6O2/c1-23-17-25(9-10-30-33-13-16-39-30)18-29(34-23)37(31(38)26-7-5-4-6-8-26)22-24-11-14-36(15-12-24)28-19-27(35(2)3)20-32-21-28/h9-10,13,16-21,24,26H,4-8,11-12,14-15,22H2,1-3H3. The van der Waals surface area contributed by atoms with Crippen LogP contribution in [0, 0.1) is 18.8 Å². The van der Waals surface area contributed by atoms with Crippen LogP contribution in [0.2, 0.25) is 0 Å². The smallest absolute Gasteiger partial charge is 0.231 e. The summed E-state index contributed by atoms with van der Waals surface area (Å²) in [5.41, 5.74) is 4.15. The van der Waals surface area contributed by atoms with Gasteiger partial charge in [-0.25, -0.2) is 9.97 Å². The Balaban J connectivity index is 1.33. The SMILES string of the molecule is Cc1cc(C=Cc2ncco2)cc(N(CC2CCN(c3cncc(N(C)C)c3)CC2)C(=O)C2CCCCC2)n1. The molecule has 1 saturated heterocycles. The Morgan fingerprint density at radius 1 is 1.05 bits per heavy atom. The predicted octanol–water partition coefficient (Wildman–Crippen LogP) is 5.84. The van der Waals surface area contributed by atoms with Gasteiger partial charge >= 0.3 is 0 Å². The molecule has 0 unspecified atom stereocenters. The molecule has 8 heteroatoms. The van der Waals surface area contributed by atoms with Gasteiger partial charge < -0.3 is 14.2 Å². The first-order valence-electron chi connectivity index (χ1n) is 14.2. The van der Waals surface area contributed by atoms with Gasteiger partial charge in [-0.1, -0.05) is 19.3 Å². The molecule has 2 fully saturated rings. The van der Waals surface area contributed by atoms with E-state index in [1.54, 1.807) is 12.5 Å². The van der Waals surface area contributed by atoms with Gasteiger partial charge in [0.1, 0.15) is 12.1 Å². The van der Waals surface area contributed by atoms with E-state index in [0.29, 0.717) is 18.4 Å². The number of piperidine rings is 1. The van der Waals surface area contributed by atoms with Crippen LogP contribution in [-0.4, -0.2) is 54.6 Å². The molecule has 4 heterocycles. The molecule has 2 aliphatic rings. The third-order valence-electron chi connectivity index (χ3n) is 7.98. The summed E-state index contributed by atoms with van der Waals surface area (Å²) in [5.74, 6) is 2.06. The van der Waals surface area contributed by atoms with Gasteiger partial charge in [0.25, 0.3) is 0 Å². The minimum absolute atomic E-state index is 0.0901. The molecule has 0 bridgehead atoms.